The van der Waals surface area contributed by atoms with Gasteiger partial charge in [0.15, 0.2) is 5.78 Å². The van der Waals surface area contributed by atoms with Gasteiger partial charge < -0.3 is 9.57 Å². The second-order valence-corrected chi connectivity index (χ2v) is 11.1. The fourth-order valence-corrected chi connectivity index (χ4v) is 5.33. The predicted octanol–water partition coefficient (Wildman–Crippen LogP) is 7.61. The number of rotatable bonds is 20. The molecule has 0 bridgehead atoms. The Bertz CT molecular complexity index is 685. The molecule has 1 saturated carbocycles. The lowest BCUT2D eigenvalue weighted by Crippen LogP contribution is -2.52. The van der Waals surface area contributed by atoms with Crippen molar-refractivity contribution in [1.82, 2.24) is 0 Å². The van der Waals surface area contributed by atoms with Gasteiger partial charge in [0.1, 0.15) is 24.2 Å². The number of ether oxygens (including phenoxy) is 1. The number of methoxy groups -OCH3 is 1. The molecule has 36 heavy (non-hydrogen) atoms. The third-order valence-corrected chi connectivity index (χ3v) is 7.42. The van der Waals surface area contributed by atoms with Gasteiger partial charge in [-0.25, -0.2) is 0 Å². The first-order valence-corrected chi connectivity index (χ1v) is 14.6. The van der Waals surface area contributed by atoms with Crippen LogP contribution in [0.4, 0.5) is 0 Å². The van der Waals surface area contributed by atoms with Crippen LogP contribution in [-0.4, -0.2) is 37.0 Å². The van der Waals surface area contributed by atoms with Crippen LogP contribution >= 0.6 is 0 Å². The number of hydrogen-bond acceptors (Lipinski definition) is 6. The van der Waals surface area contributed by atoms with Crippen LogP contribution in [0.5, 0.6) is 0 Å². The van der Waals surface area contributed by atoms with Crippen molar-refractivity contribution in [3.05, 3.63) is 0 Å². The van der Waals surface area contributed by atoms with E-state index in [2.05, 4.69) is 12.1 Å². The standard InChI is InChI=1S/C30H53NO5/c1-6-8-9-10-11-12-13-14-15-16-17-18-19-20-21-22-24(31-36-7-2)26-25(32)23-30(3,4)27(28(26)33)29(34)35-5/h26-27H,6-23H2,1-5H3/b31-24+. The summed E-state index contributed by atoms with van der Waals surface area (Å²) < 4.78 is 4.89. The molecule has 0 N–H and O–H groups in total. The molecule has 1 aliphatic carbocycles. The van der Waals surface area contributed by atoms with Gasteiger partial charge in [0.25, 0.3) is 0 Å². The molecular weight excluding hydrogens is 454 g/mol. The Morgan fingerprint density at radius 3 is 1.75 bits per heavy atom. The van der Waals surface area contributed by atoms with Crippen molar-refractivity contribution in [2.75, 3.05) is 13.7 Å². The van der Waals surface area contributed by atoms with E-state index >= 15 is 0 Å². The Kier molecular flexibility index (Phi) is 16.6. The van der Waals surface area contributed by atoms with E-state index < -0.39 is 29.0 Å². The topological polar surface area (TPSA) is 82.0 Å². The van der Waals surface area contributed by atoms with Crippen LogP contribution in [0.2, 0.25) is 0 Å². The number of Topliss-reactive ketones (excluding diaryl/α,β-unsaturated/α-hetero) is 2. The number of oxime groups is 1. The molecule has 0 aromatic heterocycles. The van der Waals surface area contributed by atoms with Crippen molar-refractivity contribution in [2.24, 2.45) is 22.4 Å². The van der Waals surface area contributed by atoms with E-state index in [1.807, 2.05) is 6.92 Å². The van der Waals surface area contributed by atoms with E-state index in [1.54, 1.807) is 13.8 Å². The van der Waals surface area contributed by atoms with E-state index in [1.165, 1.54) is 84.2 Å². The van der Waals surface area contributed by atoms with E-state index in [4.69, 9.17) is 9.57 Å². The maximum Gasteiger partial charge on any atom is 0.316 e. The van der Waals surface area contributed by atoms with E-state index in [9.17, 15) is 14.4 Å². The maximum absolute atomic E-state index is 13.3. The summed E-state index contributed by atoms with van der Waals surface area (Å²) in [5, 5.41) is 4.16. The number of hydrogen-bond donors (Lipinski definition) is 0. The predicted molar refractivity (Wildman–Crippen MR) is 146 cm³/mol. The number of carbonyl (C=O) groups excluding carboxylic acids is 3. The minimum absolute atomic E-state index is 0.146. The largest absolute Gasteiger partial charge is 0.468 e. The second kappa shape index (κ2) is 18.5. The summed E-state index contributed by atoms with van der Waals surface area (Å²) in [6, 6.07) is 0. The van der Waals surface area contributed by atoms with Crippen LogP contribution in [0.25, 0.3) is 0 Å². The Hall–Kier alpha value is -1.72. The number of ketones is 2. The summed E-state index contributed by atoms with van der Waals surface area (Å²) in [4.78, 5) is 43.8. The molecule has 6 heteroatoms. The van der Waals surface area contributed by atoms with Crippen molar-refractivity contribution in [2.45, 2.75) is 137 Å². The fraction of sp³-hybridized carbons (Fsp3) is 0.867. The highest BCUT2D eigenvalue weighted by atomic mass is 16.6. The lowest BCUT2D eigenvalue weighted by Gasteiger charge is -2.38. The first kappa shape index (κ1) is 32.3. The zero-order chi connectivity index (χ0) is 26.8. The average Bonchev–Trinajstić information content (AvgIpc) is 2.83. The van der Waals surface area contributed by atoms with Crippen molar-refractivity contribution < 1.29 is 24.0 Å². The molecule has 1 aliphatic rings. The average molecular weight is 508 g/mol. The summed E-state index contributed by atoms with van der Waals surface area (Å²) in [5.41, 5.74) is -0.297. The molecule has 0 aliphatic heterocycles. The highest BCUT2D eigenvalue weighted by Crippen LogP contribution is 2.40. The molecule has 0 spiro atoms. The number of esters is 1. The van der Waals surface area contributed by atoms with Gasteiger partial charge in [-0.05, 0) is 25.2 Å². The molecule has 0 saturated heterocycles. The summed E-state index contributed by atoms with van der Waals surface area (Å²) in [5.74, 6) is -3.12. The lowest BCUT2D eigenvalue weighted by atomic mass is 9.63. The molecule has 1 rings (SSSR count). The van der Waals surface area contributed by atoms with Crippen molar-refractivity contribution in [1.29, 1.82) is 0 Å². The summed E-state index contributed by atoms with van der Waals surface area (Å²) >= 11 is 0. The Balaban J connectivity index is 2.37. The van der Waals surface area contributed by atoms with Gasteiger partial charge in [-0.1, -0.05) is 116 Å². The molecule has 0 heterocycles. The SMILES string of the molecule is CCCCCCCCCCCCCCCCC/C(=N\OCC)C1C(=O)CC(C)(C)C(C(=O)OC)C1=O. The summed E-state index contributed by atoms with van der Waals surface area (Å²) in [7, 11) is 1.28. The zero-order valence-electron chi connectivity index (χ0n) is 23.9. The molecule has 0 aromatic rings. The molecule has 1 fully saturated rings. The number of nitrogens with zero attached hydrogens (tertiary/aromatic N) is 1. The van der Waals surface area contributed by atoms with E-state index in [0.717, 1.165) is 19.3 Å². The summed E-state index contributed by atoms with van der Waals surface area (Å²) in [6.07, 6.45) is 19.9. The van der Waals surface area contributed by atoms with Gasteiger partial charge in [-0.2, -0.15) is 0 Å². The van der Waals surface area contributed by atoms with Crippen molar-refractivity contribution in [3.63, 3.8) is 0 Å². The molecule has 208 valence electrons. The van der Waals surface area contributed by atoms with Gasteiger partial charge >= 0.3 is 5.97 Å². The first-order chi connectivity index (χ1) is 17.3. The highest BCUT2D eigenvalue weighted by molar-refractivity contribution is 6.26. The van der Waals surface area contributed by atoms with Crippen LogP contribution in [0.15, 0.2) is 5.16 Å². The van der Waals surface area contributed by atoms with Gasteiger partial charge in [0.2, 0.25) is 0 Å². The molecule has 2 atom stereocenters. The van der Waals surface area contributed by atoms with Gasteiger partial charge in [0, 0.05) is 6.42 Å². The minimum atomic E-state index is -1.000. The second-order valence-electron chi connectivity index (χ2n) is 11.1. The van der Waals surface area contributed by atoms with Gasteiger partial charge in [-0.3, -0.25) is 14.4 Å². The Morgan fingerprint density at radius 1 is 0.833 bits per heavy atom. The van der Waals surface area contributed by atoms with Crippen molar-refractivity contribution >= 4 is 23.2 Å². The smallest absolute Gasteiger partial charge is 0.316 e. The Labute approximate surface area is 220 Å². The molecule has 2 unspecified atom stereocenters. The lowest BCUT2D eigenvalue weighted by molar-refractivity contribution is -0.159. The molecule has 0 aromatic carbocycles. The van der Waals surface area contributed by atoms with Crippen LogP contribution in [-0.2, 0) is 24.0 Å². The van der Waals surface area contributed by atoms with Gasteiger partial charge in [0.05, 0.1) is 12.8 Å². The zero-order valence-corrected chi connectivity index (χ0v) is 23.9. The van der Waals surface area contributed by atoms with E-state index in [0.29, 0.717) is 18.7 Å². The van der Waals surface area contributed by atoms with E-state index in [-0.39, 0.29) is 12.2 Å². The number of carbonyl (C=O) groups is 3. The monoisotopic (exact) mass is 507 g/mol. The van der Waals surface area contributed by atoms with Crippen LogP contribution in [0.3, 0.4) is 0 Å². The summed E-state index contributed by atoms with van der Waals surface area (Å²) in [6.45, 7) is 7.99. The third-order valence-electron chi connectivity index (χ3n) is 7.42. The van der Waals surface area contributed by atoms with Crippen LogP contribution < -0.4 is 0 Å². The van der Waals surface area contributed by atoms with Crippen molar-refractivity contribution in [3.8, 4) is 0 Å². The van der Waals surface area contributed by atoms with Crippen LogP contribution in [0, 0.1) is 17.3 Å². The fourth-order valence-electron chi connectivity index (χ4n) is 5.33. The minimum Gasteiger partial charge on any atom is -0.468 e. The maximum atomic E-state index is 13.3. The number of unbranched alkanes of at least 4 members (excludes halogenated alkanes) is 14. The molecular formula is C30H53NO5. The quantitative estimate of drug-likeness (QED) is 0.0556. The van der Waals surface area contributed by atoms with Gasteiger partial charge in [-0.15, -0.1) is 0 Å². The normalized spacial score (nSPS) is 20.0. The molecule has 0 amide bonds. The molecule has 6 nitrogen and oxygen atoms in total. The Morgan fingerprint density at radius 2 is 1.31 bits per heavy atom. The highest BCUT2D eigenvalue weighted by Gasteiger charge is 2.53. The first-order valence-electron chi connectivity index (χ1n) is 14.6. The third kappa shape index (κ3) is 11.6. The molecule has 0 radical (unpaired) electrons. The van der Waals surface area contributed by atoms with Crippen LogP contribution in [0.1, 0.15) is 137 Å².